The number of carboxylic acids is 1. The van der Waals surface area contributed by atoms with Crippen molar-refractivity contribution >= 4 is 17.8 Å². The number of hydrogen-bond donors (Lipinski definition) is 19. The molecule has 0 aromatic rings. The molecule has 5 heterocycles. The summed E-state index contributed by atoms with van der Waals surface area (Å²) < 4.78 is 50.7. The maximum Gasteiger partial charge on any atom is 0.364 e. The minimum atomic E-state index is -3.19. The first-order valence-corrected chi connectivity index (χ1v) is 21.2. The summed E-state index contributed by atoms with van der Waals surface area (Å²) in [6, 6.07) is -3.51. The molecule has 5 rings (SSSR count). The number of amides is 2. The minimum Gasteiger partial charge on any atom is -0.477 e. The molecule has 0 aliphatic carbocycles. The van der Waals surface area contributed by atoms with E-state index in [0.717, 1.165) is 13.8 Å². The van der Waals surface area contributed by atoms with E-state index in [1.807, 2.05) is 0 Å². The minimum absolute atomic E-state index is 0.818. The summed E-state index contributed by atoms with van der Waals surface area (Å²) in [5, 5.41) is 185. The quantitative estimate of drug-likeness (QED) is 0.0606. The van der Waals surface area contributed by atoms with Crippen molar-refractivity contribution in [2.24, 2.45) is 0 Å². The third-order valence-electron chi connectivity index (χ3n) is 12.1. The van der Waals surface area contributed by atoms with Crippen LogP contribution in [0.15, 0.2) is 0 Å². The van der Waals surface area contributed by atoms with Gasteiger partial charge in [-0.1, -0.05) is 0 Å². The molecule has 26 atom stereocenters. The van der Waals surface area contributed by atoms with Gasteiger partial charge in [0.15, 0.2) is 25.2 Å². The van der Waals surface area contributed by atoms with Crippen molar-refractivity contribution in [1.29, 1.82) is 0 Å². The predicted molar refractivity (Wildman–Crippen MR) is 207 cm³/mol. The van der Waals surface area contributed by atoms with Crippen molar-refractivity contribution < 1.29 is 144 Å². The van der Waals surface area contributed by atoms with Crippen LogP contribution < -0.4 is 10.6 Å². The Morgan fingerprint density at radius 2 is 1.03 bits per heavy atom. The number of ether oxygens (including phenoxy) is 9. The number of hydrogen-bond acceptors (Lipinski definition) is 28. The van der Waals surface area contributed by atoms with E-state index in [9.17, 15) is 101 Å². The van der Waals surface area contributed by atoms with Gasteiger partial charge in [0.25, 0.3) is 5.79 Å². The van der Waals surface area contributed by atoms with Crippen LogP contribution in [0.1, 0.15) is 20.3 Å². The lowest BCUT2D eigenvalue weighted by molar-refractivity contribution is -0.389. The zero-order valence-corrected chi connectivity index (χ0v) is 36.2. The van der Waals surface area contributed by atoms with Gasteiger partial charge >= 0.3 is 5.97 Å². The van der Waals surface area contributed by atoms with E-state index in [0.29, 0.717) is 0 Å². The summed E-state index contributed by atoms with van der Waals surface area (Å²) >= 11 is 0. The van der Waals surface area contributed by atoms with Gasteiger partial charge in [-0.05, 0) is 0 Å². The average Bonchev–Trinajstić information content (AvgIpc) is 3.29. The van der Waals surface area contributed by atoms with E-state index in [2.05, 4.69) is 10.6 Å². The fourth-order valence-electron chi connectivity index (χ4n) is 8.53. The van der Waals surface area contributed by atoms with E-state index >= 15 is 0 Å². The standard InChI is InChI=1S/C37H62N2O29/c1-9(45)38-17-11(47)3-37(36(58)59,67-29(17)19(49)12(48)4-40)68-31-22(52)15(7-43)63-35(26(31)56)65-28-18(39-10(2)46)33(61-13(5-41)20(28)50)66-30-21(51)14(6-42)62-34(25(30)55)64-27-16(8-44)60-32(57)24(54)23(27)53/h11-35,40-44,47-57H,3-8H2,1-2H3,(H,38,45)(H,39,46)(H,58,59)/t11-,12+,13+,14+,15+,16+,17+,18+,19+,20+,21-,22-,23-,24+,25+,26+,27-,28+,29+,30-,31-,32+,33-,34-,35-,37-/m0/s1. The second-order valence-electron chi connectivity index (χ2n) is 16.8. The Labute approximate surface area is 384 Å². The zero-order chi connectivity index (χ0) is 50.7. The Balaban J connectivity index is 1.45. The molecule has 0 saturated carbocycles. The number of carbonyl (C=O) groups is 3. The van der Waals surface area contributed by atoms with Crippen molar-refractivity contribution in [2.45, 2.75) is 179 Å². The SMILES string of the molecule is CC(=O)N[C@H]1[C@H](O[C@H]2[C@@H](O)[C@@H](CO)O[C@@H](O[C@@H]3[C@@H](O)[C@@H](O)[C@H](O)O[C@@H]3CO)[C@@H]2O)O[C@H](CO)[C@@H](O)[C@@H]1O[C@@H]1O[C@H](CO)[C@H](O)[C@H](O[C@]2(C(=O)O)C[C@H](O)[C@@H](NC(C)=O)[C@H]([C@H](O)[C@H](O)CO)O2)[C@H]1O. The number of aliphatic hydroxyl groups excluding tert-OH is 16. The lowest BCUT2D eigenvalue weighted by Gasteiger charge is -2.51. The van der Waals surface area contributed by atoms with Crippen LogP contribution in [0.3, 0.4) is 0 Å². The highest BCUT2D eigenvalue weighted by Gasteiger charge is 2.61. The largest absolute Gasteiger partial charge is 0.477 e. The highest BCUT2D eigenvalue weighted by Crippen LogP contribution is 2.39. The highest BCUT2D eigenvalue weighted by molar-refractivity contribution is 5.76. The number of carbonyl (C=O) groups excluding carboxylic acids is 2. The molecule has 0 bridgehead atoms. The van der Waals surface area contributed by atoms with Crippen molar-refractivity contribution in [3.8, 4) is 0 Å². The van der Waals surface area contributed by atoms with E-state index in [-0.39, 0.29) is 0 Å². The van der Waals surface area contributed by atoms with Crippen molar-refractivity contribution in [1.82, 2.24) is 10.6 Å². The molecular weight excluding hydrogens is 936 g/mol. The van der Waals surface area contributed by atoms with Gasteiger partial charge in [0.2, 0.25) is 11.8 Å². The fourth-order valence-corrected chi connectivity index (χ4v) is 8.53. The van der Waals surface area contributed by atoms with Gasteiger partial charge < -0.3 is 140 Å². The molecule has 394 valence electrons. The Morgan fingerprint density at radius 1 is 0.574 bits per heavy atom. The molecule has 5 aliphatic rings. The molecule has 5 aliphatic heterocycles. The molecule has 19 N–H and O–H groups in total. The molecule has 0 unspecified atom stereocenters. The number of aliphatic hydroxyl groups is 16. The normalized spacial score (nSPS) is 46.6. The lowest BCUT2D eigenvalue weighted by atomic mass is 9.88. The van der Waals surface area contributed by atoms with Gasteiger partial charge in [0, 0.05) is 20.3 Å². The number of rotatable bonds is 18. The van der Waals surface area contributed by atoms with E-state index in [1.165, 1.54) is 0 Å². The molecule has 0 radical (unpaired) electrons. The molecule has 0 aromatic carbocycles. The van der Waals surface area contributed by atoms with Crippen LogP contribution in [0.25, 0.3) is 0 Å². The van der Waals surface area contributed by atoms with E-state index in [1.54, 1.807) is 0 Å². The third kappa shape index (κ3) is 11.8. The first-order chi connectivity index (χ1) is 32.0. The second-order valence-corrected chi connectivity index (χ2v) is 16.8. The van der Waals surface area contributed by atoms with Crippen LogP contribution >= 0.6 is 0 Å². The molecule has 31 nitrogen and oxygen atoms in total. The Hall–Kier alpha value is -2.59. The van der Waals surface area contributed by atoms with Gasteiger partial charge in [-0.2, -0.15) is 0 Å². The monoisotopic (exact) mass is 998 g/mol. The number of aliphatic carboxylic acids is 1. The molecule has 0 aromatic heterocycles. The molecule has 2 amide bonds. The summed E-state index contributed by atoms with van der Waals surface area (Å²) in [6.07, 6.45) is -47.6. The predicted octanol–water partition coefficient (Wildman–Crippen LogP) is -12.4. The maximum atomic E-state index is 13.0. The van der Waals surface area contributed by atoms with Gasteiger partial charge in [0.05, 0.1) is 45.2 Å². The summed E-state index contributed by atoms with van der Waals surface area (Å²) in [7, 11) is 0. The number of nitrogens with one attached hydrogen (secondary N) is 2. The summed E-state index contributed by atoms with van der Waals surface area (Å²) in [5.41, 5.74) is 0. The average molecular weight is 999 g/mol. The summed E-state index contributed by atoms with van der Waals surface area (Å²) in [4.78, 5) is 37.7. The topological polar surface area (TPSA) is 502 Å². The Kier molecular flexibility index (Phi) is 19.7. The highest BCUT2D eigenvalue weighted by atomic mass is 16.8. The van der Waals surface area contributed by atoms with Crippen LogP contribution in [-0.4, -0.2) is 297 Å². The fraction of sp³-hybridized carbons (Fsp3) is 0.919. The van der Waals surface area contributed by atoms with Crippen LogP contribution in [0.2, 0.25) is 0 Å². The number of carboxylic acid groups (broad SMARTS) is 1. The van der Waals surface area contributed by atoms with Crippen molar-refractivity contribution in [2.75, 3.05) is 33.0 Å². The van der Waals surface area contributed by atoms with Gasteiger partial charge in [-0.25, -0.2) is 4.79 Å². The Bertz CT molecular complexity index is 1660. The van der Waals surface area contributed by atoms with Gasteiger partial charge in [-0.3, -0.25) is 9.59 Å². The van der Waals surface area contributed by atoms with Crippen LogP contribution in [0, 0.1) is 0 Å². The first-order valence-electron chi connectivity index (χ1n) is 21.2. The molecule has 5 saturated heterocycles. The molecule has 5 fully saturated rings. The first kappa shape index (κ1) is 56.3. The van der Waals surface area contributed by atoms with Crippen LogP contribution in [0.4, 0.5) is 0 Å². The smallest absolute Gasteiger partial charge is 0.364 e. The van der Waals surface area contributed by atoms with E-state index in [4.69, 9.17) is 42.6 Å². The van der Waals surface area contributed by atoms with Crippen LogP contribution in [-0.2, 0) is 57.0 Å². The van der Waals surface area contributed by atoms with Crippen molar-refractivity contribution in [3.63, 3.8) is 0 Å². The Morgan fingerprint density at radius 3 is 1.53 bits per heavy atom. The van der Waals surface area contributed by atoms with Crippen molar-refractivity contribution in [3.05, 3.63) is 0 Å². The van der Waals surface area contributed by atoms with Gasteiger partial charge in [0.1, 0.15) is 116 Å². The lowest BCUT2D eigenvalue weighted by Crippen LogP contribution is -2.71. The summed E-state index contributed by atoms with van der Waals surface area (Å²) in [6.45, 7) is -3.28. The zero-order valence-electron chi connectivity index (χ0n) is 36.2. The molecule has 31 heteroatoms. The molecule has 68 heavy (non-hydrogen) atoms. The van der Waals surface area contributed by atoms with Gasteiger partial charge in [-0.15, -0.1) is 0 Å². The van der Waals surface area contributed by atoms with Crippen LogP contribution in [0.5, 0.6) is 0 Å². The maximum absolute atomic E-state index is 13.0. The summed E-state index contributed by atoms with van der Waals surface area (Å²) in [5.74, 6) is -6.99. The van der Waals surface area contributed by atoms with E-state index < -0.39 is 216 Å². The third-order valence-corrected chi connectivity index (χ3v) is 12.1. The second kappa shape index (κ2) is 23.8. The molecular formula is C37H62N2O29. The molecule has 0 spiro atoms.